The fourth-order valence-electron chi connectivity index (χ4n) is 4.27. The summed E-state index contributed by atoms with van der Waals surface area (Å²) in [7, 11) is 0. The van der Waals surface area contributed by atoms with Crippen LogP contribution in [0.1, 0.15) is 58.8 Å². The maximum Gasteiger partial charge on any atom is 0.317 e. The molecule has 1 saturated carbocycles. The first-order chi connectivity index (χ1) is 11.0. The molecule has 132 valence electrons. The van der Waals surface area contributed by atoms with Gasteiger partial charge in [-0.3, -0.25) is 14.5 Å². The van der Waals surface area contributed by atoms with Crippen molar-refractivity contribution < 1.29 is 14.7 Å². The number of amides is 1. The minimum absolute atomic E-state index is 0.106. The molecule has 0 aromatic heterocycles. The Kier molecular flexibility index (Phi) is 6.88. The highest BCUT2D eigenvalue weighted by molar-refractivity contribution is 5.76. The molecule has 2 rings (SSSR count). The first-order valence-electron chi connectivity index (χ1n) is 9.23. The van der Waals surface area contributed by atoms with E-state index in [4.69, 9.17) is 5.11 Å². The summed E-state index contributed by atoms with van der Waals surface area (Å²) in [5.41, 5.74) is 0. The van der Waals surface area contributed by atoms with Crippen molar-refractivity contribution in [2.45, 2.75) is 64.8 Å². The summed E-state index contributed by atoms with van der Waals surface area (Å²) in [5.74, 6) is 0.880. The number of likely N-dealkylation sites (tertiary alicyclic amines) is 1. The minimum atomic E-state index is -0.767. The van der Waals surface area contributed by atoms with E-state index in [0.717, 1.165) is 38.4 Å². The molecule has 2 atom stereocenters. The number of carbonyl (C=O) groups is 2. The highest BCUT2D eigenvalue weighted by Crippen LogP contribution is 2.31. The van der Waals surface area contributed by atoms with E-state index in [9.17, 15) is 9.59 Å². The zero-order valence-corrected chi connectivity index (χ0v) is 14.7. The molecular formula is C18H32N2O3. The van der Waals surface area contributed by atoms with Gasteiger partial charge in [-0.25, -0.2) is 0 Å². The molecule has 1 N–H and O–H groups in total. The van der Waals surface area contributed by atoms with Gasteiger partial charge >= 0.3 is 5.97 Å². The van der Waals surface area contributed by atoms with E-state index in [1.165, 1.54) is 25.7 Å². The molecule has 1 aliphatic heterocycles. The standard InChI is InChI=1S/C18H32N2O3/c1-3-19(13-18(22)23)16-7-9-20(10-8-16)17(21)12-15-6-4-5-14(2)11-15/h14-16H,3-13H2,1-2H3,(H,22,23). The summed E-state index contributed by atoms with van der Waals surface area (Å²) in [6.07, 6.45) is 7.48. The Labute approximate surface area is 140 Å². The predicted molar refractivity (Wildman–Crippen MR) is 90.2 cm³/mol. The third-order valence-corrected chi connectivity index (χ3v) is 5.59. The summed E-state index contributed by atoms with van der Waals surface area (Å²) in [6, 6.07) is 0.301. The smallest absolute Gasteiger partial charge is 0.317 e. The molecule has 1 saturated heterocycles. The van der Waals surface area contributed by atoms with Gasteiger partial charge in [-0.15, -0.1) is 0 Å². The Hall–Kier alpha value is -1.10. The number of aliphatic carboxylic acids is 1. The Bertz CT molecular complexity index is 405. The van der Waals surface area contributed by atoms with Gasteiger partial charge < -0.3 is 10.0 Å². The lowest BCUT2D eigenvalue weighted by Crippen LogP contribution is -2.48. The van der Waals surface area contributed by atoms with Crippen molar-refractivity contribution in [3.05, 3.63) is 0 Å². The lowest BCUT2D eigenvalue weighted by Gasteiger charge is -2.38. The molecule has 2 fully saturated rings. The summed E-state index contributed by atoms with van der Waals surface area (Å²) in [6.45, 7) is 6.72. The summed E-state index contributed by atoms with van der Waals surface area (Å²) < 4.78 is 0. The Morgan fingerprint density at radius 2 is 1.87 bits per heavy atom. The van der Waals surface area contributed by atoms with Gasteiger partial charge in [0.25, 0.3) is 0 Å². The summed E-state index contributed by atoms with van der Waals surface area (Å²) in [5, 5.41) is 8.98. The maximum absolute atomic E-state index is 12.5. The number of hydrogen-bond acceptors (Lipinski definition) is 3. The van der Waals surface area contributed by atoms with E-state index in [1.807, 2.05) is 16.7 Å². The van der Waals surface area contributed by atoms with E-state index in [0.29, 0.717) is 24.3 Å². The number of carboxylic acids is 1. The molecule has 5 heteroatoms. The lowest BCUT2D eigenvalue weighted by molar-refractivity contribution is -0.140. The van der Waals surface area contributed by atoms with Crippen LogP contribution >= 0.6 is 0 Å². The molecule has 0 aromatic carbocycles. The van der Waals surface area contributed by atoms with Crippen molar-refractivity contribution in [1.29, 1.82) is 0 Å². The molecule has 0 aromatic rings. The number of hydrogen-bond donors (Lipinski definition) is 1. The number of rotatable bonds is 6. The third-order valence-electron chi connectivity index (χ3n) is 5.59. The van der Waals surface area contributed by atoms with Crippen LogP contribution in [0.3, 0.4) is 0 Å². The van der Waals surface area contributed by atoms with Crippen molar-refractivity contribution in [3.63, 3.8) is 0 Å². The summed E-state index contributed by atoms with van der Waals surface area (Å²) >= 11 is 0. The SMILES string of the molecule is CCN(CC(=O)O)C1CCN(C(=O)CC2CCCC(C)C2)CC1. The molecule has 0 bridgehead atoms. The minimum Gasteiger partial charge on any atom is -0.480 e. The van der Waals surface area contributed by atoms with Crippen molar-refractivity contribution in [3.8, 4) is 0 Å². The first kappa shape index (κ1) is 18.2. The zero-order chi connectivity index (χ0) is 16.8. The molecule has 5 nitrogen and oxygen atoms in total. The second-order valence-electron chi connectivity index (χ2n) is 7.41. The number of nitrogens with zero attached hydrogens (tertiary/aromatic N) is 2. The van der Waals surface area contributed by atoms with Gasteiger partial charge in [0.15, 0.2) is 0 Å². The van der Waals surface area contributed by atoms with Gasteiger partial charge in [-0.05, 0) is 44.1 Å². The summed E-state index contributed by atoms with van der Waals surface area (Å²) in [4.78, 5) is 27.5. The van der Waals surface area contributed by atoms with Crippen LogP contribution in [0.4, 0.5) is 0 Å². The van der Waals surface area contributed by atoms with Crippen LogP contribution in [0.5, 0.6) is 0 Å². The average Bonchev–Trinajstić information content (AvgIpc) is 2.52. The molecule has 1 aliphatic carbocycles. The van der Waals surface area contributed by atoms with E-state index in [-0.39, 0.29) is 6.54 Å². The van der Waals surface area contributed by atoms with Gasteiger partial charge in [0.1, 0.15) is 0 Å². The molecule has 23 heavy (non-hydrogen) atoms. The quantitative estimate of drug-likeness (QED) is 0.816. The van der Waals surface area contributed by atoms with E-state index in [1.54, 1.807) is 0 Å². The van der Waals surface area contributed by atoms with E-state index >= 15 is 0 Å². The fraction of sp³-hybridized carbons (Fsp3) is 0.889. The van der Waals surface area contributed by atoms with Gasteiger partial charge in [-0.1, -0.05) is 26.7 Å². The van der Waals surface area contributed by atoms with Crippen molar-refractivity contribution in [1.82, 2.24) is 9.80 Å². The van der Waals surface area contributed by atoms with Gasteiger partial charge in [-0.2, -0.15) is 0 Å². The normalized spacial score (nSPS) is 26.5. The highest BCUT2D eigenvalue weighted by Gasteiger charge is 2.29. The third kappa shape index (κ3) is 5.48. The number of likely N-dealkylation sites (N-methyl/N-ethyl adjacent to an activating group) is 1. The predicted octanol–water partition coefficient (Wildman–Crippen LogP) is 2.60. The number of piperidine rings is 1. The topological polar surface area (TPSA) is 60.9 Å². The molecule has 1 amide bonds. The molecule has 2 aliphatic rings. The van der Waals surface area contributed by atoms with Crippen LogP contribution in [0.2, 0.25) is 0 Å². The van der Waals surface area contributed by atoms with E-state index in [2.05, 4.69) is 6.92 Å². The average molecular weight is 324 g/mol. The van der Waals surface area contributed by atoms with Crippen molar-refractivity contribution in [2.24, 2.45) is 11.8 Å². The van der Waals surface area contributed by atoms with Gasteiger partial charge in [0.05, 0.1) is 6.54 Å². The van der Waals surface area contributed by atoms with Gasteiger partial charge in [0, 0.05) is 25.6 Å². The van der Waals surface area contributed by atoms with Crippen LogP contribution in [-0.2, 0) is 9.59 Å². The second kappa shape index (κ2) is 8.67. The monoisotopic (exact) mass is 324 g/mol. The van der Waals surface area contributed by atoms with Crippen LogP contribution in [-0.4, -0.2) is 59.0 Å². The zero-order valence-electron chi connectivity index (χ0n) is 14.7. The molecule has 2 unspecified atom stereocenters. The van der Waals surface area contributed by atoms with Gasteiger partial charge in [0.2, 0.25) is 5.91 Å². The Balaban J connectivity index is 1.76. The number of carbonyl (C=O) groups excluding carboxylic acids is 1. The van der Waals surface area contributed by atoms with Crippen molar-refractivity contribution in [2.75, 3.05) is 26.2 Å². The van der Waals surface area contributed by atoms with Crippen LogP contribution in [0.25, 0.3) is 0 Å². The number of carboxylic acid groups (broad SMARTS) is 1. The highest BCUT2D eigenvalue weighted by atomic mass is 16.4. The van der Waals surface area contributed by atoms with Crippen LogP contribution < -0.4 is 0 Å². The maximum atomic E-state index is 12.5. The second-order valence-corrected chi connectivity index (χ2v) is 7.41. The molecule has 1 heterocycles. The Morgan fingerprint density at radius 1 is 1.17 bits per heavy atom. The first-order valence-corrected chi connectivity index (χ1v) is 9.23. The van der Waals surface area contributed by atoms with Crippen LogP contribution in [0, 0.1) is 11.8 Å². The fourth-order valence-corrected chi connectivity index (χ4v) is 4.27. The lowest BCUT2D eigenvalue weighted by atomic mass is 9.80. The molecular weight excluding hydrogens is 292 g/mol. The van der Waals surface area contributed by atoms with E-state index < -0.39 is 5.97 Å². The van der Waals surface area contributed by atoms with Crippen LogP contribution in [0.15, 0.2) is 0 Å². The largest absolute Gasteiger partial charge is 0.480 e. The van der Waals surface area contributed by atoms with Crippen molar-refractivity contribution >= 4 is 11.9 Å². The molecule has 0 spiro atoms. The molecule has 0 radical (unpaired) electrons. The Morgan fingerprint density at radius 3 is 2.43 bits per heavy atom.